The van der Waals surface area contributed by atoms with Gasteiger partial charge in [0.25, 0.3) is 5.56 Å². The fourth-order valence-corrected chi connectivity index (χ4v) is 4.14. The topological polar surface area (TPSA) is 76.9 Å². The molecule has 0 bridgehead atoms. The van der Waals surface area contributed by atoms with Crippen LogP contribution in [0, 0.1) is 6.92 Å². The highest BCUT2D eigenvalue weighted by Crippen LogP contribution is 2.27. The molecule has 1 amide bonds. The quantitative estimate of drug-likeness (QED) is 0.347. The molecule has 6 nitrogen and oxygen atoms in total. The van der Waals surface area contributed by atoms with Gasteiger partial charge in [0, 0.05) is 6.20 Å². The number of fused-ring (bicyclic) bond motifs is 1. The number of hydrogen-bond donors (Lipinski definition) is 1. The zero-order chi connectivity index (χ0) is 22.0. The van der Waals surface area contributed by atoms with Gasteiger partial charge in [-0.2, -0.15) is 0 Å². The molecule has 156 valence electrons. The van der Waals surface area contributed by atoms with Gasteiger partial charge >= 0.3 is 0 Å². The normalized spacial score (nSPS) is 12.0. The van der Waals surface area contributed by atoms with E-state index in [-0.39, 0.29) is 11.5 Å². The number of anilines is 1. The van der Waals surface area contributed by atoms with Gasteiger partial charge in [-0.3, -0.25) is 14.2 Å². The predicted octanol–water partition coefficient (Wildman–Crippen LogP) is 4.86. The third-order valence-corrected chi connectivity index (χ3v) is 6.01. The van der Waals surface area contributed by atoms with E-state index in [2.05, 4.69) is 10.3 Å². The van der Waals surface area contributed by atoms with E-state index in [1.54, 1.807) is 35.8 Å². The fraction of sp³-hybridized carbons (Fsp3) is 0.130. The number of amides is 1. The predicted molar refractivity (Wildman–Crippen MR) is 125 cm³/mol. The van der Waals surface area contributed by atoms with Crippen molar-refractivity contribution in [3.8, 4) is 5.69 Å². The van der Waals surface area contributed by atoms with Gasteiger partial charge in [-0.1, -0.05) is 53.7 Å². The average Bonchev–Trinajstić information content (AvgIpc) is 2.76. The first-order valence-electron chi connectivity index (χ1n) is 9.61. The summed E-state index contributed by atoms with van der Waals surface area (Å²) in [6, 6.07) is 18.1. The van der Waals surface area contributed by atoms with Crippen molar-refractivity contribution >= 4 is 46.0 Å². The summed E-state index contributed by atoms with van der Waals surface area (Å²) >= 11 is 7.07. The SMILES string of the molecule is Cc1ccccc1-n1c(SC(C)C(=O)Nc2ccc(Cl)cn2)nc2ccccc2c1=O. The lowest BCUT2D eigenvalue weighted by Gasteiger charge is -2.17. The van der Waals surface area contributed by atoms with Crippen LogP contribution in [0.3, 0.4) is 0 Å². The number of aryl methyl sites for hydroxylation is 1. The number of benzene rings is 2. The van der Waals surface area contributed by atoms with E-state index in [9.17, 15) is 9.59 Å². The molecule has 0 aliphatic rings. The molecule has 2 aromatic carbocycles. The van der Waals surface area contributed by atoms with Crippen LogP contribution in [0.25, 0.3) is 16.6 Å². The Morgan fingerprint density at radius 3 is 2.58 bits per heavy atom. The largest absolute Gasteiger partial charge is 0.310 e. The number of thioether (sulfide) groups is 1. The van der Waals surface area contributed by atoms with Crippen LogP contribution < -0.4 is 10.9 Å². The summed E-state index contributed by atoms with van der Waals surface area (Å²) in [5.74, 6) is 0.156. The Morgan fingerprint density at radius 1 is 1.10 bits per heavy atom. The number of rotatable bonds is 5. The second-order valence-electron chi connectivity index (χ2n) is 6.95. The number of pyridine rings is 1. The van der Waals surface area contributed by atoms with E-state index in [0.717, 1.165) is 11.3 Å². The summed E-state index contributed by atoms with van der Waals surface area (Å²) in [6.07, 6.45) is 1.47. The summed E-state index contributed by atoms with van der Waals surface area (Å²) in [5.41, 5.74) is 2.09. The Balaban J connectivity index is 1.73. The minimum Gasteiger partial charge on any atom is -0.310 e. The van der Waals surface area contributed by atoms with Crippen LogP contribution in [0.5, 0.6) is 0 Å². The molecular weight excluding hydrogens is 432 g/mol. The summed E-state index contributed by atoms with van der Waals surface area (Å²) in [4.78, 5) is 34.9. The Morgan fingerprint density at radius 2 is 1.84 bits per heavy atom. The van der Waals surface area contributed by atoms with E-state index >= 15 is 0 Å². The molecule has 0 saturated carbocycles. The molecule has 0 aliphatic heterocycles. The third-order valence-electron chi connectivity index (χ3n) is 4.73. The molecule has 0 spiro atoms. The van der Waals surface area contributed by atoms with Crippen LogP contribution in [0.4, 0.5) is 5.82 Å². The molecule has 0 radical (unpaired) electrons. The highest BCUT2D eigenvalue weighted by atomic mass is 35.5. The number of hydrogen-bond acceptors (Lipinski definition) is 5. The van der Waals surface area contributed by atoms with E-state index < -0.39 is 5.25 Å². The highest BCUT2D eigenvalue weighted by Gasteiger charge is 2.21. The third kappa shape index (κ3) is 4.47. The monoisotopic (exact) mass is 450 g/mol. The summed E-state index contributed by atoms with van der Waals surface area (Å²) in [6.45, 7) is 3.70. The van der Waals surface area contributed by atoms with Gasteiger partial charge in [0.05, 0.1) is 26.9 Å². The lowest BCUT2D eigenvalue weighted by atomic mass is 10.2. The molecule has 2 heterocycles. The number of halogens is 1. The molecule has 2 aromatic heterocycles. The smallest absolute Gasteiger partial charge is 0.266 e. The summed E-state index contributed by atoms with van der Waals surface area (Å²) < 4.78 is 1.58. The van der Waals surface area contributed by atoms with E-state index in [4.69, 9.17) is 16.6 Å². The molecule has 4 rings (SSSR count). The van der Waals surface area contributed by atoms with Crippen LogP contribution in [0.1, 0.15) is 12.5 Å². The van der Waals surface area contributed by atoms with Crippen LogP contribution in [-0.4, -0.2) is 25.7 Å². The number of para-hydroxylation sites is 2. The van der Waals surface area contributed by atoms with Crippen molar-refractivity contribution in [1.29, 1.82) is 0 Å². The first-order valence-corrected chi connectivity index (χ1v) is 10.9. The van der Waals surface area contributed by atoms with Gasteiger partial charge in [-0.05, 0) is 49.7 Å². The Kier molecular flexibility index (Phi) is 6.06. The zero-order valence-corrected chi connectivity index (χ0v) is 18.4. The number of carbonyl (C=O) groups is 1. The van der Waals surface area contributed by atoms with Crippen LogP contribution >= 0.6 is 23.4 Å². The lowest BCUT2D eigenvalue weighted by molar-refractivity contribution is -0.115. The molecule has 1 atom stereocenters. The lowest BCUT2D eigenvalue weighted by Crippen LogP contribution is -2.26. The number of aromatic nitrogens is 3. The first kappa shape index (κ1) is 21.1. The van der Waals surface area contributed by atoms with E-state index in [1.165, 1.54) is 18.0 Å². The first-order chi connectivity index (χ1) is 14.9. The number of nitrogens with one attached hydrogen (secondary N) is 1. The molecule has 0 saturated heterocycles. The molecular formula is C23H19ClN4O2S. The minimum absolute atomic E-state index is 0.172. The van der Waals surface area contributed by atoms with Gasteiger partial charge in [-0.15, -0.1) is 0 Å². The second-order valence-corrected chi connectivity index (χ2v) is 8.69. The molecule has 0 aliphatic carbocycles. The van der Waals surface area contributed by atoms with Gasteiger partial charge in [0.15, 0.2) is 5.16 Å². The average molecular weight is 451 g/mol. The van der Waals surface area contributed by atoms with Crippen molar-refractivity contribution < 1.29 is 4.79 Å². The maximum absolute atomic E-state index is 13.4. The summed E-state index contributed by atoms with van der Waals surface area (Å²) in [5, 5.41) is 3.70. The van der Waals surface area contributed by atoms with Gasteiger partial charge < -0.3 is 5.32 Å². The van der Waals surface area contributed by atoms with Crippen LogP contribution in [-0.2, 0) is 4.79 Å². The van der Waals surface area contributed by atoms with E-state index in [1.807, 2.05) is 43.3 Å². The Hall–Kier alpha value is -3.16. The van der Waals surface area contributed by atoms with Gasteiger partial charge in [0.1, 0.15) is 5.82 Å². The van der Waals surface area contributed by atoms with Crippen molar-refractivity contribution in [1.82, 2.24) is 14.5 Å². The molecule has 31 heavy (non-hydrogen) atoms. The Labute approximate surface area is 188 Å². The van der Waals surface area contributed by atoms with Crippen molar-refractivity contribution in [2.75, 3.05) is 5.32 Å². The van der Waals surface area contributed by atoms with Crippen molar-refractivity contribution in [2.24, 2.45) is 0 Å². The molecule has 1 N–H and O–H groups in total. The minimum atomic E-state index is -0.527. The van der Waals surface area contributed by atoms with Crippen LogP contribution in [0.15, 0.2) is 76.8 Å². The standard InChI is InChI=1S/C23H19ClN4O2S/c1-14-7-3-6-10-19(14)28-22(30)17-8-4-5-9-18(17)26-23(28)31-15(2)21(29)27-20-12-11-16(24)13-25-20/h3-13,15H,1-2H3,(H,25,27,29). The maximum atomic E-state index is 13.4. The molecule has 4 aromatic rings. The maximum Gasteiger partial charge on any atom is 0.266 e. The van der Waals surface area contributed by atoms with Crippen molar-refractivity contribution in [2.45, 2.75) is 24.3 Å². The second kappa shape index (κ2) is 8.91. The molecule has 1 unspecified atom stereocenters. The van der Waals surface area contributed by atoms with E-state index in [0.29, 0.717) is 26.9 Å². The number of nitrogens with zero attached hydrogens (tertiary/aromatic N) is 3. The number of carbonyl (C=O) groups excluding carboxylic acids is 1. The van der Waals surface area contributed by atoms with Crippen molar-refractivity contribution in [3.63, 3.8) is 0 Å². The van der Waals surface area contributed by atoms with Crippen molar-refractivity contribution in [3.05, 3.63) is 87.8 Å². The van der Waals surface area contributed by atoms with Crippen LogP contribution in [0.2, 0.25) is 5.02 Å². The highest BCUT2D eigenvalue weighted by molar-refractivity contribution is 8.00. The summed E-state index contributed by atoms with van der Waals surface area (Å²) in [7, 11) is 0. The van der Waals surface area contributed by atoms with Gasteiger partial charge in [-0.25, -0.2) is 9.97 Å². The molecule has 8 heteroatoms. The Bertz CT molecular complexity index is 1320. The fourth-order valence-electron chi connectivity index (χ4n) is 3.11. The zero-order valence-electron chi connectivity index (χ0n) is 16.9. The molecule has 0 fully saturated rings. The van der Waals surface area contributed by atoms with Gasteiger partial charge in [0.2, 0.25) is 5.91 Å².